The van der Waals surface area contributed by atoms with Crippen LogP contribution in [0.5, 0.6) is 0 Å². The van der Waals surface area contributed by atoms with Gasteiger partial charge < -0.3 is 4.57 Å². The molecule has 28 heavy (non-hydrogen) atoms. The Kier molecular flexibility index (Phi) is 3.53. The van der Waals surface area contributed by atoms with E-state index in [9.17, 15) is 4.79 Å². The van der Waals surface area contributed by atoms with Gasteiger partial charge in [0, 0.05) is 40.0 Å². The third-order valence-corrected chi connectivity index (χ3v) is 5.59. The molecule has 0 unspecified atom stereocenters. The third kappa shape index (κ3) is 2.13. The molecule has 0 spiro atoms. The fraction of sp³-hybridized carbons (Fsp3) is 0.0800. The summed E-state index contributed by atoms with van der Waals surface area (Å²) >= 11 is 0. The fourth-order valence-corrected chi connectivity index (χ4v) is 4.43. The Labute approximate surface area is 163 Å². The molecular formula is C25H20N2O. The van der Waals surface area contributed by atoms with Gasteiger partial charge in [0.15, 0.2) is 0 Å². The molecule has 0 aliphatic carbocycles. The van der Waals surface area contributed by atoms with Crippen molar-refractivity contribution in [3.05, 3.63) is 84.6 Å². The molecular weight excluding hydrogens is 344 g/mol. The quantitative estimate of drug-likeness (QED) is 0.358. The van der Waals surface area contributed by atoms with E-state index in [0.717, 1.165) is 27.8 Å². The van der Waals surface area contributed by atoms with Gasteiger partial charge in [0.2, 0.25) is 5.91 Å². The van der Waals surface area contributed by atoms with Crippen LogP contribution in [0.2, 0.25) is 0 Å². The molecule has 136 valence electrons. The average Bonchev–Trinajstić information content (AvgIpc) is 3.18. The number of carbonyl (C=O) groups excluding carboxylic acids is 1. The van der Waals surface area contributed by atoms with Crippen LogP contribution in [0, 0.1) is 6.92 Å². The molecule has 5 rings (SSSR count). The smallest absolute Gasteiger partial charge is 0.228 e. The van der Waals surface area contributed by atoms with E-state index >= 15 is 0 Å². The number of carbonyl (C=O) groups is 1. The van der Waals surface area contributed by atoms with Gasteiger partial charge in [0.1, 0.15) is 0 Å². The first-order chi connectivity index (χ1) is 13.6. The highest BCUT2D eigenvalue weighted by atomic mass is 16.1. The Balaban J connectivity index is 1.90. The highest BCUT2D eigenvalue weighted by Gasteiger charge is 2.17. The number of rotatable bonds is 2. The Bertz CT molecular complexity index is 1360. The van der Waals surface area contributed by atoms with E-state index in [0.29, 0.717) is 0 Å². The topological polar surface area (TPSA) is 26.9 Å². The molecule has 2 aromatic heterocycles. The number of aromatic nitrogens is 2. The number of hydrogen-bond acceptors (Lipinski definition) is 1. The molecule has 0 saturated carbocycles. The molecule has 3 nitrogen and oxygen atoms in total. The minimum Gasteiger partial charge on any atom is -0.309 e. The van der Waals surface area contributed by atoms with Crippen LogP contribution in [0.4, 0.5) is 0 Å². The largest absolute Gasteiger partial charge is 0.309 e. The number of fused-ring (bicyclic) bond motifs is 4. The molecule has 0 radical (unpaired) electrons. The molecule has 0 aliphatic heterocycles. The van der Waals surface area contributed by atoms with E-state index in [4.69, 9.17) is 0 Å². The van der Waals surface area contributed by atoms with Gasteiger partial charge in [0.05, 0.1) is 16.6 Å². The van der Waals surface area contributed by atoms with Crippen LogP contribution < -0.4 is 0 Å². The zero-order valence-corrected chi connectivity index (χ0v) is 15.9. The summed E-state index contributed by atoms with van der Waals surface area (Å²) < 4.78 is 4.05. The van der Waals surface area contributed by atoms with Crippen LogP contribution in [0.3, 0.4) is 0 Å². The van der Waals surface area contributed by atoms with Crippen LogP contribution in [-0.4, -0.2) is 15.0 Å². The van der Waals surface area contributed by atoms with Crippen molar-refractivity contribution in [2.45, 2.75) is 13.8 Å². The molecule has 0 N–H and O–H groups in total. The fourth-order valence-electron chi connectivity index (χ4n) is 4.43. The number of hydrogen-bond donors (Lipinski definition) is 0. The van der Waals surface area contributed by atoms with Crippen molar-refractivity contribution in [3.63, 3.8) is 0 Å². The predicted octanol–water partition coefficient (Wildman–Crippen LogP) is 6.35. The molecule has 0 atom stereocenters. The van der Waals surface area contributed by atoms with E-state index in [1.54, 1.807) is 11.5 Å². The second-order valence-electron chi connectivity index (χ2n) is 7.13. The number of para-hydroxylation sites is 2. The first-order valence-corrected chi connectivity index (χ1v) is 9.39. The SMILES string of the molecule is C=Cc1c(C)n(C(C)=O)c2ccc(-n3c4ccccc4c4ccccc43)cc12. The Hall–Kier alpha value is -3.59. The molecule has 2 heterocycles. The van der Waals surface area contributed by atoms with Crippen molar-refractivity contribution in [1.82, 2.24) is 9.13 Å². The zero-order valence-electron chi connectivity index (χ0n) is 15.9. The summed E-state index contributed by atoms with van der Waals surface area (Å²) in [6.07, 6.45) is 1.84. The van der Waals surface area contributed by atoms with Gasteiger partial charge in [-0.2, -0.15) is 0 Å². The van der Waals surface area contributed by atoms with Gasteiger partial charge in [-0.15, -0.1) is 0 Å². The first-order valence-electron chi connectivity index (χ1n) is 9.39. The van der Waals surface area contributed by atoms with Crippen molar-refractivity contribution in [1.29, 1.82) is 0 Å². The molecule has 3 aromatic carbocycles. The third-order valence-electron chi connectivity index (χ3n) is 5.59. The first kappa shape index (κ1) is 16.6. The predicted molar refractivity (Wildman–Crippen MR) is 117 cm³/mol. The molecule has 0 bridgehead atoms. The van der Waals surface area contributed by atoms with Crippen molar-refractivity contribution in [2.75, 3.05) is 0 Å². The summed E-state index contributed by atoms with van der Waals surface area (Å²) in [6.45, 7) is 7.54. The summed E-state index contributed by atoms with van der Waals surface area (Å²) in [5.41, 5.74) is 6.28. The molecule has 0 fully saturated rings. The van der Waals surface area contributed by atoms with Gasteiger partial charge in [0.25, 0.3) is 0 Å². The second-order valence-corrected chi connectivity index (χ2v) is 7.13. The van der Waals surface area contributed by atoms with Crippen molar-refractivity contribution >= 4 is 44.7 Å². The Morgan fingerprint density at radius 2 is 1.46 bits per heavy atom. The minimum absolute atomic E-state index is 0.0141. The summed E-state index contributed by atoms with van der Waals surface area (Å²) in [6, 6.07) is 23.2. The maximum Gasteiger partial charge on any atom is 0.228 e. The monoisotopic (exact) mass is 364 g/mol. The maximum atomic E-state index is 12.2. The lowest BCUT2D eigenvalue weighted by molar-refractivity contribution is 0.0939. The molecule has 5 aromatic rings. The van der Waals surface area contributed by atoms with Crippen LogP contribution in [-0.2, 0) is 0 Å². The van der Waals surface area contributed by atoms with Crippen molar-refractivity contribution in [2.24, 2.45) is 0 Å². The van der Waals surface area contributed by atoms with Gasteiger partial charge in [-0.05, 0) is 37.3 Å². The van der Waals surface area contributed by atoms with Crippen LogP contribution in [0.25, 0.3) is 44.5 Å². The Morgan fingerprint density at radius 1 is 0.857 bits per heavy atom. The number of nitrogens with zero attached hydrogens (tertiary/aromatic N) is 2. The van der Waals surface area contributed by atoms with Crippen molar-refractivity contribution in [3.8, 4) is 5.69 Å². The zero-order chi connectivity index (χ0) is 19.4. The van der Waals surface area contributed by atoms with Gasteiger partial charge in [-0.25, -0.2) is 0 Å². The highest BCUT2D eigenvalue weighted by molar-refractivity contribution is 6.09. The van der Waals surface area contributed by atoms with Gasteiger partial charge in [-0.3, -0.25) is 9.36 Å². The van der Waals surface area contributed by atoms with Crippen LogP contribution in [0.1, 0.15) is 23.0 Å². The lowest BCUT2D eigenvalue weighted by atomic mass is 10.1. The minimum atomic E-state index is 0.0141. The van der Waals surface area contributed by atoms with Gasteiger partial charge >= 0.3 is 0 Å². The van der Waals surface area contributed by atoms with E-state index < -0.39 is 0 Å². The van der Waals surface area contributed by atoms with E-state index in [2.05, 4.69) is 71.8 Å². The second kappa shape index (κ2) is 5.96. The lowest BCUT2D eigenvalue weighted by Gasteiger charge is -2.09. The number of benzene rings is 3. The normalized spacial score (nSPS) is 11.5. The molecule has 0 aliphatic rings. The Morgan fingerprint density at radius 3 is 2.04 bits per heavy atom. The summed E-state index contributed by atoms with van der Waals surface area (Å²) in [4.78, 5) is 12.2. The maximum absolute atomic E-state index is 12.2. The van der Waals surface area contributed by atoms with Gasteiger partial charge in [-0.1, -0.05) is 49.1 Å². The van der Waals surface area contributed by atoms with E-state index in [1.165, 1.54) is 21.8 Å². The van der Waals surface area contributed by atoms with Crippen LogP contribution in [0.15, 0.2) is 73.3 Å². The molecule has 0 saturated heterocycles. The van der Waals surface area contributed by atoms with Crippen molar-refractivity contribution < 1.29 is 4.79 Å². The summed E-state index contributed by atoms with van der Waals surface area (Å²) in [7, 11) is 0. The molecule has 3 heteroatoms. The average molecular weight is 364 g/mol. The molecule has 0 amide bonds. The van der Waals surface area contributed by atoms with E-state index in [1.807, 2.05) is 19.1 Å². The standard InChI is InChI=1S/C25H20N2O/c1-4-19-16(2)26(17(3)28)25-14-13-18(15-22(19)25)27-23-11-7-5-9-20(23)21-10-6-8-12-24(21)27/h4-15H,1H2,2-3H3. The van der Waals surface area contributed by atoms with E-state index in [-0.39, 0.29) is 5.91 Å². The van der Waals surface area contributed by atoms with Crippen LogP contribution >= 0.6 is 0 Å². The summed E-state index contributed by atoms with van der Waals surface area (Å²) in [5.74, 6) is 0.0141. The summed E-state index contributed by atoms with van der Waals surface area (Å²) in [5, 5.41) is 3.52. The highest BCUT2D eigenvalue weighted by Crippen LogP contribution is 2.34. The lowest BCUT2D eigenvalue weighted by Crippen LogP contribution is -2.07.